The van der Waals surface area contributed by atoms with Crippen LogP contribution in [0.3, 0.4) is 0 Å². The van der Waals surface area contributed by atoms with Gasteiger partial charge in [-0.05, 0) is 24.7 Å². The molecular formula is C15H21N4S2+. The first-order valence-electron chi connectivity index (χ1n) is 7.69. The Balaban J connectivity index is 1.92. The number of anilines is 1. The van der Waals surface area contributed by atoms with Crippen molar-refractivity contribution in [1.29, 1.82) is 0 Å². The molecule has 112 valence electrons. The van der Waals surface area contributed by atoms with Crippen LogP contribution in [0.5, 0.6) is 0 Å². The van der Waals surface area contributed by atoms with E-state index in [1.54, 1.807) is 16.7 Å². The van der Waals surface area contributed by atoms with Crippen molar-refractivity contribution in [2.75, 3.05) is 37.8 Å². The van der Waals surface area contributed by atoms with Gasteiger partial charge in [0.2, 0.25) is 0 Å². The van der Waals surface area contributed by atoms with Crippen LogP contribution in [0.15, 0.2) is 5.16 Å². The summed E-state index contributed by atoms with van der Waals surface area (Å²) in [4.78, 5) is 16.5. The van der Waals surface area contributed by atoms with Gasteiger partial charge in [0.05, 0.1) is 23.9 Å². The molecule has 21 heavy (non-hydrogen) atoms. The minimum absolute atomic E-state index is 0.920. The van der Waals surface area contributed by atoms with E-state index in [1.165, 1.54) is 52.3 Å². The molecule has 1 saturated heterocycles. The molecule has 4 heterocycles. The molecule has 0 spiro atoms. The number of thioether (sulfide) groups is 1. The van der Waals surface area contributed by atoms with Crippen LogP contribution in [0, 0.1) is 0 Å². The Morgan fingerprint density at radius 3 is 2.81 bits per heavy atom. The average molecular weight is 321 g/mol. The van der Waals surface area contributed by atoms with Crippen molar-refractivity contribution >= 4 is 39.1 Å². The minimum Gasteiger partial charge on any atom is -0.356 e. The van der Waals surface area contributed by atoms with Crippen molar-refractivity contribution in [2.24, 2.45) is 0 Å². The summed E-state index contributed by atoms with van der Waals surface area (Å²) in [6.07, 6.45) is 5.82. The van der Waals surface area contributed by atoms with Gasteiger partial charge in [-0.15, -0.1) is 11.3 Å². The van der Waals surface area contributed by atoms with Gasteiger partial charge >= 0.3 is 0 Å². The van der Waals surface area contributed by atoms with E-state index < -0.39 is 0 Å². The molecule has 1 N–H and O–H groups in total. The van der Waals surface area contributed by atoms with Crippen molar-refractivity contribution in [3.05, 3.63) is 10.4 Å². The zero-order valence-electron chi connectivity index (χ0n) is 12.6. The molecule has 2 aromatic heterocycles. The van der Waals surface area contributed by atoms with Gasteiger partial charge in [-0.25, -0.2) is 9.97 Å². The smallest absolute Gasteiger partial charge is 0.190 e. The molecule has 4 rings (SSSR count). The fourth-order valence-electron chi connectivity index (χ4n) is 3.42. The second kappa shape index (κ2) is 5.41. The van der Waals surface area contributed by atoms with Crippen LogP contribution in [0.2, 0.25) is 0 Å². The Morgan fingerprint density at radius 1 is 1.24 bits per heavy atom. The number of aromatic nitrogens is 2. The van der Waals surface area contributed by atoms with Gasteiger partial charge in [0.15, 0.2) is 5.16 Å². The van der Waals surface area contributed by atoms with Crippen molar-refractivity contribution in [3.8, 4) is 0 Å². The SMILES string of the molecule is CSc1nc(N2CCCC2)c2c3c(sc2n1)C[NH+](C)CC3. The van der Waals surface area contributed by atoms with Crippen molar-refractivity contribution in [2.45, 2.75) is 31.0 Å². The van der Waals surface area contributed by atoms with E-state index in [-0.39, 0.29) is 0 Å². The molecule has 0 saturated carbocycles. The quantitative estimate of drug-likeness (QED) is 0.673. The number of likely N-dealkylation sites (N-methyl/N-ethyl adjacent to an activating group) is 1. The van der Waals surface area contributed by atoms with Gasteiger partial charge in [0.1, 0.15) is 17.2 Å². The summed E-state index contributed by atoms with van der Waals surface area (Å²) >= 11 is 3.55. The fourth-order valence-corrected chi connectivity index (χ4v) is 5.17. The molecule has 2 aromatic rings. The number of quaternary nitrogens is 1. The molecule has 0 aromatic carbocycles. The molecule has 0 bridgehead atoms. The maximum atomic E-state index is 4.88. The van der Waals surface area contributed by atoms with Gasteiger partial charge in [0, 0.05) is 19.5 Å². The molecule has 1 fully saturated rings. The molecule has 1 atom stereocenters. The first-order chi connectivity index (χ1) is 10.3. The number of fused-ring (bicyclic) bond motifs is 3. The molecule has 2 aliphatic rings. The largest absolute Gasteiger partial charge is 0.356 e. The Hall–Kier alpha value is -0.850. The normalized spacial score (nSPS) is 22.0. The second-order valence-electron chi connectivity index (χ2n) is 6.05. The van der Waals surface area contributed by atoms with Crippen LogP contribution < -0.4 is 9.80 Å². The van der Waals surface area contributed by atoms with E-state index in [4.69, 9.17) is 9.97 Å². The van der Waals surface area contributed by atoms with Gasteiger partial charge < -0.3 is 9.80 Å². The van der Waals surface area contributed by atoms with E-state index in [0.29, 0.717) is 0 Å². The van der Waals surface area contributed by atoms with Crippen LogP contribution >= 0.6 is 23.1 Å². The first kappa shape index (κ1) is 13.8. The number of nitrogens with one attached hydrogen (secondary N) is 1. The zero-order valence-corrected chi connectivity index (χ0v) is 14.2. The number of hydrogen-bond acceptors (Lipinski definition) is 5. The lowest BCUT2D eigenvalue weighted by atomic mass is 10.1. The average Bonchev–Trinajstić information content (AvgIpc) is 3.12. The van der Waals surface area contributed by atoms with Gasteiger partial charge in [0.25, 0.3) is 0 Å². The van der Waals surface area contributed by atoms with Gasteiger partial charge in [-0.3, -0.25) is 0 Å². The van der Waals surface area contributed by atoms with Crippen LogP contribution in [0.25, 0.3) is 10.2 Å². The van der Waals surface area contributed by atoms with Crippen LogP contribution in [-0.2, 0) is 13.0 Å². The number of thiophene rings is 1. The third-order valence-corrected chi connectivity index (χ3v) is 6.22. The van der Waals surface area contributed by atoms with Gasteiger partial charge in [-0.1, -0.05) is 11.8 Å². The number of nitrogens with zero attached hydrogens (tertiary/aromatic N) is 3. The summed E-state index contributed by atoms with van der Waals surface area (Å²) in [5.41, 5.74) is 1.54. The molecule has 4 nitrogen and oxygen atoms in total. The Morgan fingerprint density at radius 2 is 2.05 bits per heavy atom. The number of hydrogen-bond donors (Lipinski definition) is 1. The predicted octanol–water partition coefficient (Wildman–Crippen LogP) is 1.58. The lowest BCUT2D eigenvalue weighted by Crippen LogP contribution is -3.08. The highest BCUT2D eigenvalue weighted by Gasteiger charge is 2.27. The van der Waals surface area contributed by atoms with Crippen molar-refractivity contribution in [1.82, 2.24) is 9.97 Å². The van der Waals surface area contributed by atoms with E-state index >= 15 is 0 Å². The number of rotatable bonds is 2. The summed E-state index contributed by atoms with van der Waals surface area (Å²) < 4.78 is 0. The highest BCUT2D eigenvalue weighted by Crippen LogP contribution is 2.38. The van der Waals surface area contributed by atoms with Crippen LogP contribution in [0.4, 0.5) is 5.82 Å². The Kier molecular flexibility index (Phi) is 3.55. The summed E-state index contributed by atoms with van der Waals surface area (Å²) in [5, 5.41) is 2.28. The zero-order chi connectivity index (χ0) is 14.4. The highest BCUT2D eigenvalue weighted by atomic mass is 32.2. The Bertz CT molecular complexity index is 676. The van der Waals surface area contributed by atoms with E-state index in [0.717, 1.165) is 24.8 Å². The first-order valence-corrected chi connectivity index (χ1v) is 9.73. The van der Waals surface area contributed by atoms with E-state index in [9.17, 15) is 0 Å². The van der Waals surface area contributed by atoms with Crippen LogP contribution in [0.1, 0.15) is 23.3 Å². The lowest BCUT2D eigenvalue weighted by Gasteiger charge is -2.21. The third kappa shape index (κ3) is 2.33. The maximum absolute atomic E-state index is 4.88. The summed E-state index contributed by atoms with van der Waals surface area (Å²) in [6.45, 7) is 4.67. The fraction of sp³-hybridized carbons (Fsp3) is 0.600. The molecule has 0 amide bonds. The molecule has 0 radical (unpaired) electrons. The summed E-state index contributed by atoms with van der Waals surface area (Å²) in [6, 6.07) is 0. The molecule has 1 unspecified atom stereocenters. The monoisotopic (exact) mass is 321 g/mol. The van der Waals surface area contributed by atoms with E-state index in [1.807, 2.05) is 11.3 Å². The molecule has 6 heteroatoms. The second-order valence-corrected chi connectivity index (χ2v) is 7.90. The van der Waals surface area contributed by atoms with Crippen molar-refractivity contribution < 1.29 is 4.90 Å². The van der Waals surface area contributed by atoms with Crippen molar-refractivity contribution in [3.63, 3.8) is 0 Å². The molecule has 0 aliphatic carbocycles. The summed E-state index contributed by atoms with van der Waals surface area (Å²) in [5.74, 6) is 1.21. The minimum atomic E-state index is 0.920. The predicted molar refractivity (Wildman–Crippen MR) is 89.8 cm³/mol. The topological polar surface area (TPSA) is 33.5 Å². The Labute approximate surface area is 133 Å². The molecular weight excluding hydrogens is 300 g/mol. The maximum Gasteiger partial charge on any atom is 0.190 e. The lowest BCUT2D eigenvalue weighted by molar-refractivity contribution is -0.895. The van der Waals surface area contributed by atoms with Gasteiger partial charge in [-0.2, -0.15) is 0 Å². The standard InChI is InChI=1S/C15H20N4S2/c1-18-8-5-10-11(9-18)21-14-12(10)13(16-15(17-14)20-2)19-6-3-4-7-19/h3-9H2,1-2H3/p+1. The highest BCUT2D eigenvalue weighted by molar-refractivity contribution is 7.98. The van der Waals surface area contributed by atoms with Crippen LogP contribution in [-0.4, -0.2) is 42.9 Å². The third-order valence-electron chi connectivity index (χ3n) is 4.55. The molecule has 2 aliphatic heterocycles. The van der Waals surface area contributed by atoms with E-state index in [2.05, 4.69) is 18.2 Å². The summed E-state index contributed by atoms with van der Waals surface area (Å²) in [7, 11) is 2.29.